The first-order valence-corrected chi connectivity index (χ1v) is 7.78. The molecule has 1 atom stereocenters. The van der Waals surface area contributed by atoms with Crippen molar-refractivity contribution in [2.75, 3.05) is 11.5 Å². The molecular formula is C13H23NO3S. The van der Waals surface area contributed by atoms with Gasteiger partial charge in [-0.3, -0.25) is 4.79 Å². The molecule has 0 bridgehead atoms. The van der Waals surface area contributed by atoms with Crippen LogP contribution in [0.1, 0.15) is 46.0 Å². The van der Waals surface area contributed by atoms with Gasteiger partial charge in [0.25, 0.3) is 0 Å². The van der Waals surface area contributed by atoms with Crippen LogP contribution in [0.25, 0.3) is 0 Å². The lowest BCUT2D eigenvalue weighted by atomic mass is 9.91. The Morgan fingerprint density at radius 2 is 2.00 bits per heavy atom. The summed E-state index contributed by atoms with van der Waals surface area (Å²) in [5, 5.41) is 12.1. The van der Waals surface area contributed by atoms with Crippen molar-refractivity contribution < 1.29 is 14.7 Å². The van der Waals surface area contributed by atoms with E-state index >= 15 is 0 Å². The molecule has 1 heterocycles. The topological polar surface area (TPSA) is 66.4 Å². The van der Waals surface area contributed by atoms with E-state index in [4.69, 9.17) is 0 Å². The first-order valence-electron chi connectivity index (χ1n) is 6.62. The van der Waals surface area contributed by atoms with Crippen molar-refractivity contribution in [2.24, 2.45) is 5.92 Å². The van der Waals surface area contributed by atoms with Crippen LogP contribution in [-0.4, -0.2) is 34.0 Å². The molecule has 0 aliphatic carbocycles. The van der Waals surface area contributed by atoms with Crippen molar-refractivity contribution in [3.63, 3.8) is 0 Å². The van der Waals surface area contributed by atoms with Gasteiger partial charge in [0, 0.05) is 6.42 Å². The molecule has 0 aromatic heterocycles. The Labute approximate surface area is 113 Å². The largest absolute Gasteiger partial charge is 0.480 e. The Balaban J connectivity index is 2.55. The Kier molecular flexibility index (Phi) is 5.99. The highest BCUT2D eigenvalue weighted by atomic mass is 32.2. The predicted octanol–water partition coefficient (Wildman–Crippen LogP) is 2.28. The fourth-order valence-electron chi connectivity index (χ4n) is 2.34. The molecule has 4 nitrogen and oxygen atoms in total. The van der Waals surface area contributed by atoms with Gasteiger partial charge in [0.2, 0.25) is 5.91 Å². The van der Waals surface area contributed by atoms with Crippen LogP contribution in [0.5, 0.6) is 0 Å². The molecule has 2 N–H and O–H groups in total. The van der Waals surface area contributed by atoms with Gasteiger partial charge < -0.3 is 10.4 Å². The van der Waals surface area contributed by atoms with Gasteiger partial charge in [-0.15, -0.1) is 0 Å². The monoisotopic (exact) mass is 273 g/mol. The van der Waals surface area contributed by atoms with Gasteiger partial charge in [-0.05, 0) is 30.3 Å². The van der Waals surface area contributed by atoms with E-state index in [9.17, 15) is 14.7 Å². The van der Waals surface area contributed by atoms with Gasteiger partial charge in [0.1, 0.15) is 5.54 Å². The van der Waals surface area contributed by atoms with Gasteiger partial charge in [0.05, 0.1) is 0 Å². The molecule has 1 saturated heterocycles. The maximum atomic E-state index is 11.9. The lowest BCUT2D eigenvalue weighted by molar-refractivity contribution is -0.148. The highest BCUT2D eigenvalue weighted by Gasteiger charge is 2.41. The smallest absolute Gasteiger partial charge is 0.329 e. The molecule has 0 radical (unpaired) electrons. The van der Waals surface area contributed by atoms with E-state index in [0.29, 0.717) is 25.2 Å². The molecule has 0 aromatic rings. The number of carbonyl (C=O) groups excluding carboxylic acids is 1. The van der Waals surface area contributed by atoms with E-state index in [0.717, 1.165) is 24.3 Å². The molecule has 0 aromatic carbocycles. The summed E-state index contributed by atoms with van der Waals surface area (Å²) >= 11 is 1.75. The van der Waals surface area contributed by atoms with Crippen LogP contribution in [0.3, 0.4) is 0 Å². The minimum absolute atomic E-state index is 0.120. The van der Waals surface area contributed by atoms with Gasteiger partial charge in [-0.1, -0.05) is 26.7 Å². The van der Waals surface area contributed by atoms with Gasteiger partial charge in [-0.2, -0.15) is 11.8 Å². The first kappa shape index (κ1) is 15.3. The molecule has 0 spiro atoms. The molecule has 1 aliphatic heterocycles. The fraction of sp³-hybridized carbons (Fsp3) is 0.846. The number of amides is 1. The van der Waals surface area contributed by atoms with Crippen molar-refractivity contribution >= 4 is 23.6 Å². The third-order valence-corrected chi connectivity index (χ3v) is 4.44. The summed E-state index contributed by atoms with van der Waals surface area (Å²) in [6, 6.07) is 0. The zero-order chi connectivity index (χ0) is 13.6. The number of carbonyl (C=O) groups is 2. The van der Waals surface area contributed by atoms with E-state index in [1.165, 1.54) is 0 Å². The van der Waals surface area contributed by atoms with Crippen molar-refractivity contribution in [1.29, 1.82) is 0 Å². The quantitative estimate of drug-likeness (QED) is 0.779. The van der Waals surface area contributed by atoms with E-state index in [2.05, 4.69) is 12.2 Å². The predicted molar refractivity (Wildman–Crippen MR) is 73.8 cm³/mol. The average Bonchev–Trinajstić information content (AvgIpc) is 2.29. The lowest BCUT2D eigenvalue weighted by Gasteiger charge is -2.34. The Hall–Kier alpha value is -0.710. The number of hydrogen-bond donors (Lipinski definition) is 2. The number of thioether (sulfide) groups is 1. The number of carboxylic acids is 1. The zero-order valence-electron chi connectivity index (χ0n) is 11.2. The van der Waals surface area contributed by atoms with Crippen LogP contribution < -0.4 is 5.32 Å². The summed E-state index contributed by atoms with van der Waals surface area (Å²) in [6.45, 7) is 4.12. The molecule has 0 saturated carbocycles. The SMILES string of the molecule is CCCC(C)CC(=O)NC1(C(=O)O)CCSCC1. The maximum absolute atomic E-state index is 11.9. The van der Waals surface area contributed by atoms with Gasteiger partial charge in [-0.25, -0.2) is 4.79 Å². The van der Waals surface area contributed by atoms with E-state index in [1.54, 1.807) is 11.8 Å². The average molecular weight is 273 g/mol. The van der Waals surface area contributed by atoms with Crippen LogP contribution in [0.15, 0.2) is 0 Å². The Morgan fingerprint density at radius 3 is 2.50 bits per heavy atom. The Morgan fingerprint density at radius 1 is 1.39 bits per heavy atom. The highest BCUT2D eigenvalue weighted by molar-refractivity contribution is 7.99. The number of aliphatic carboxylic acids is 1. The Bertz CT molecular complexity index is 301. The molecule has 1 fully saturated rings. The van der Waals surface area contributed by atoms with Crippen LogP contribution in [0, 0.1) is 5.92 Å². The number of nitrogens with one attached hydrogen (secondary N) is 1. The summed E-state index contributed by atoms with van der Waals surface area (Å²) < 4.78 is 0. The van der Waals surface area contributed by atoms with E-state index < -0.39 is 11.5 Å². The van der Waals surface area contributed by atoms with E-state index in [1.807, 2.05) is 6.92 Å². The van der Waals surface area contributed by atoms with Crippen LogP contribution in [0.2, 0.25) is 0 Å². The van der Waals surface area contributed by atoms with Crippen LogP contribution in [0.4, 0.5) is 0 Å². The minimum atomic E-state index is -1.02. The molecule has 18 heavy (non-hydrogen) atoms. The molecule has 1 rings (SSSR count). The van der Waals surface area contributed by atoms with Crippen molar-refractivity contribution in [3.8, 4) is 0 Å². The van der Waals surface area contributed by atoms with Crippen molar-refractivity contribution in [1.82, 2.24) is 5.32 Å². The fourth-order valence-corrected chi connectivity index (χ4v) is 3.53. The number of rotatable bonds is 6. The second-order valence-corrected chi connectivity index (χ2v) is 6.37. The van der Waals surface area contributed by atoms with Crippen LogP contribution in [-0.2, 0) is 9.59 Å². The lowest BCUT2D eigenvalue weighted by Crippen LogP contribution is -2.56. The minimum Gasteiger partial charge on any atom is -0.480 e. The van der Waals surface area contributed by atoms with Gasteiger partial charge >= 0.3 is 5.97 Å². The molecule has 1 amide bonds. The summed E-state index contributed by atoms with van der Waals surface area (Å²) in [7, 11) is 0. The summed E-state index contributed by atoms with van der Waals surface area (Å²) in [5.74, 6) is 0.914. The van der Waals surface area contributed by atoms with Crippen LogP contribution >= 0.6 is 11.8 Å². The van der Waals surface area contributed by atoms with Crippen molar-refractivity contribution in [2.45, 2.75) is 51.5 Å². The molecule has 5 heteroatoms. The molecule has 104 valence electrons. The zero-order valence-corrected chi connectivity index (χ0v) is 12.0. The van der Waals surface area contributed by atoms with E-state index in [-0.39, 0.29) is 5.91 Å². The van der Waals surface area contributed by atoms with Gasteiger partial charge in [0.15, 0.2) is 0 Å². The number of hydrogen-bond acceptors (Lipinski definition) is 3. The normalized spacial score (nSPS) is 20.1. The number of carboxylic acid groups (broad SMARTS) is 1. The summed E-state index contributed by atoms with van der Waals surface area (Å²) in [4.78, 5) is 23.3. The third-order valence-electron chi connectivity index (χ3n) is 3.45. The summed E-state index contributed by atoms with van der Waals surface area (Å²) in [5.41, 5.74) is -1.02. The standard InChI is InChI=1S/C13H23NO3S/c1-3-4-10(2)9-11(15)14-13(12(16)17)5-7-18-8-6-13/h10H,3-9H2,1-2H3,(H,14,15)(H,16,17). The summed E-state index contributed by atoms with van der Waals surface area (Å²) in [6.07, 6.45) is 3.54. The second-order valence-electron chi connectivity index (χ2n) is 5.15. The first-order chi connectivity index (χ1) is 8.50. The van der Waals surface area contributed by atoms with Crippen molar-refractivity contribution in [3.05, 3.63) is 0 Å². The third kappa shape index (κ3) is 4.19. The molecular weight excluding hydrogens is 250 g/mol. The molecule has 1 unspecified atom stereocenters. The molecule has 1 aliphatic rings. The second kappa shape index (κ2) is 7.02. The maximum Gasteiger partial charge on any atom is 0.329 e. The highest BCUT2D eigenvalue weighted by Crippen LogP contribution is 2.27.